The normalized spacial score (nSPS) is 14.4. The minimum Gasteiger partial charge on any atom is -0.481 e. The highest BCUT2D eigenvalue weighted by molar-refractivity contribution is 5.96. The first kappa shape index (κ1) is 69.3. The highest BCUT2D eigenvalue weighted by Gasteiger charge is 2.45. The Morgan fingerprint density at radius 3 is 0.527 bits per heavy atom. The Morgan fingerprint density at radius 1 is 0.270 bits per heavy atom. The van der Waals surface area contributed by atoms with E-state index in [2.05, 4.69) is 18.9 Å². The Labute approximate surface area is 406 Å². The number of hydrogen-bond donors (Lipinski definition) is 16. The van der Waals surface area contributed by atoms with Crippen molar-refractivity contribution in [3.8, 4) is 0 Å². The van der Waals surface area contributed by atoms with Gasteiger partial charge >= 0.3 is 107 Å². The van der Waals surface area contributed by atoms with Gasteiger partial charge in [-0.2, -0.15) is 0 Å². The van der Waals surface area contributed by atoms with Gasteiger partial charge in [0.1, 0.15) is 0 Å². The summed E-state index contributed by atoms with van der Waals surface area (Å²) in [5.41, 5.74) is -12.3. The van der Waals surface area contributed by atoms with Crippen molar-refractivity contribution in [2.24, 2.45) is 0 Å². The van der Waals surface area contributed by atoms with E-state index < -0.39 is 219 Å². The maximum atomic E-state index is 11.5. The zero-order chi connectivity index (χ0) is 58.9. The van der Waals surface area contributed by atoms with Crippen molar-refractivity contribution in [2.45, 2.75) is 112 Å². The summed E-state index contributed by atoms with van der Waals surface area (Å²) in [7, 11) is 0. The summed E-state index contributed by atoms with van der Waals surface area (Å²) in [6.07, 6.45) is -19.4. The molecule has 0 spiro atoms. The van der Waals surface area contributed by atoms with Gasteiger partial charge in [0.2, 0.25) is 0 Å². The Kier molecular flexibility index (Phi) is 28.7. The molecule has 0 saturated carbocycles. The first-order valence-electron chi connectivity index (χ1n) is 18.9. The van der Waals surface area contributed by atoms with Crippen LogP contribution in [0, 0.1) is 0 Å². The molecular formula is C36H42O38. The molecule has 6 atom stereocenters. The van der Waals surface area contributed by atoms with Gasteiger partial charge < -0.3 is 101 Å². The number of ether oxygens (including phenoxy) is 4. The lowest BCUT2D eigenvalue weighted by Crippen LogP contribution is -2.43. The number of carboxylic acids is 10. The third-order valence-electron chi connectivity index (χ3n) is 7.90. The van der Waals surface area contributed by atoms with Gasteiger partial charge in [0.25, 0.3) is 0 Å². The van der Waals surface area contributed by atoms with E-state index in [4.69, 9.17) is 61.3 Å². The number of carbonyl (C=O) groups excluding carboxylic acids is 8. The SMILES string of the molecule is O=C(O)C(O)C(O)C(=O)O.O=C(O)CC(O)(CC(=O)OC(=O)CCC(=O)OC(=O)CC(O)(CC(=O)O)C(=O)O)C(=O)O.O=C(O)CC(O)(CC(=O)OC(=O)CCC(=O)OC(=O)CC(O)(CC(=O)O)C(=O)O)C(=O)O. The molecule has 0 rings (SSSR count). The van der Waals surface area contributed by atoms with Crippen LogP contribution in [-0.4, -0.2) is 224 Å². The van der Waals surface area contributed by atoms with Gasteiger partial charge in [0, 0.05) is 0 Å². The highest BCUT2D eigenvalue weighted by atomic mass is 16.6. The molecule has 74 heavy (non-hydrogen) atoms. The molecule has 0 amide bonds. The number of carbonyl (C=O) groups is 18. The topological polar surface area (TPSA) is 668 Å². The van der Waals surface area contributed by atoms with Gasteiger partial charge in [-0.05, 0) is 0 Å². The maximum absolute atomic E-state index is 11.5. The number of rotatable bonds is 29. The van der Waals surface area contributed by atoms with Crippen LogP contribution in [0.3, 0.4) is 0 Å². The predicted octanol–water partition coefficient (Wildman–Crippen LogP) is -7.59. The van der Waals surface area contributed by atoms with Gasteiger partial charge in [0.05, 0.1) is 77.0 Å². The molecule has 16 N–H and O–H groups in total. The summed E-state index contributed by atoms with van der Waals surface area (Å²) in [6, 6.07) is 0. The lowest BCUT2D eigenvalue weighted by molar-refractivity contribution is -0.176. The molecular weight excluding hydrogens is 1040 g/mol. The monoisotopic (exact) mass is 1080 g/mol. The number of hydrogen-bond acceptors (Lipinski definition) is 28. The van der Waals surface area contributed by atoms with Crippen molar-refractivity contribution in [1.29, 1.82) is 0 Å². The van der Waals surface area contributed by atoms with E-state index in [1.807, 2.05) is 0 Å². The summed E-state index contributed by atoms with van der Waals surface area (Å²) in [6.45, 7) is 0. The van der Waals surface area contributed by atoms with Crippen LogP contribution in [0.4, 0.5) is 0 Å². The number of aliphatic hydroxyl groups is 6. The first-order chi connectivity index (χ1) is 33.5. The van der Waals surface area contributed by atoms with E-state index in [1.165, 1.54) is 0 Å². The second kappa shape index (κ2) is 30.7. The lowest BCUT2D eigenvalue weighted by Gasteiger charge is -2.20. The quantitative estimate of drug-likeness (QED) is 0.0188. The van der Waals surface area contributed by atoms with Gasteiger partial charge in [0.15, 0.2) is 34.6 Å². The van der Waals surface area contributed by atoms with Gasteiger partial charge in [-0.3, -0.25) is 57.5 Å². The van der Waals surface area contributed by atoms with Crippen LogP contribution < -0.4 is 0 Å². The van der Waals surface area contributed by atoms with Gasteiger partial charge in [-0.1, -0.05) is 0 Å². The van der Waals surface area contributed by atoms with Crippen molar-refractivity contribution < 1.29 is 187 Å². The van der Waals surface area contributed by atoms with E-state index >= 15 is 0 Å². The minimum atomic E-state index is -3.06. The summed E-state index contributed by atoms with van der Waals surface area (Å²) in [4.78, 5) is 198. The molecule has 0 aromatic heterocycles. The smallest absolute Gasteiger partial charge is 0.336 e. The van der Waals surface area contributed by atoms with Crippen LogP contribution >= 0.6 is 0 Å². The molecule has 0 radical (unpaired) electrons. The first-order valence-corrected chi connectivity index (χ1v) is 18.9. The average Bonchev–Trinajstić information content (AvgIpc) is 3.20. The molecule has 38 nitrogen and oxygen atoms in total. The zero-order valence-corrected chi connectivity index (χ0v) is 36.8. The van der Waals surface area contributed by atoms with Crippen molar-refractivity contribution in [2.75, 3.05) is 0 Å². The molecule has 0 aliphatic heterocycles. The molecule has 0 heterocycles. The molecule has 0 bridgehead atoms. The van der Waals surface area contributed by atoms with Crippen LogP contribution in [0.25, 0.3) is 0 Å². The fraction of sp³-hybridized carbons (Fsp3) is 0.500. The Morgan fingerprint density at radius 2 is 0.419 bits per heavy atom. The number of aliphatic carboxylic acids is 10. The standard InChI is InChI=1S/2C16H18O16.C4H6O6/c2*17-7(18)3-15(29,13(25)26)5-11(23)31-9(21)1-2-10(22)32-12(24)6-16(30,14(27)28)4-8(19)20;5-1(3(7)8)2(6)4(9)10/h2*29-30H,1-6H2,(H,17,18)(H,19,20)(H,25,26)(H,27,28);1-2,5-6H,(H,7,8)(H,9,10). The molecule has 414 valence electrons. The Bertz CT molecular complexity index is 1950. The van der Waals surface area contributed by atoms with E-state index in [-0.39, 0.29) is 0 Å². The highest BCUT2D eigenvalue weighted by Crippen LogP contribution is 2.21. The van der Waals surface area contributed by atoms with Crippen molar-refractivity contribution in [1.82, 2.24) is 0 Å². The molecule has 0 aromatic carbocycles. The molecule has 0 fully saturated rings. The van der Waals surface area contributed by atoms with E-state index in [1.54, 1.807) is 0 Å². The average molecular weight is 1080 g/mol. The fourth-order valence-electron chi connectivity index (χ4n) is 4.35. The van der Waals surface area contributed by atoms with Crippen LogP contribution in [0.5, 0.6) is 0 Å². The fourth-order valence-corrected chi connectivity index (χ4v) is 4.35. The Balaban J connectivity index is -0.00000115. The molecule has 0 saturated heterocycles. The largest absolute Gasteiger partial charge is 0.481 e. The molecule has 38 heteroatoms. The van der Waals surface area contributed by atoms with Crippen LogP contribution in [0.1, 0.15) is 77.0 Å². The number of carboxylic acid groups (broad SMARTS) is 10. The maximum Gasteiger partial charge on any atom is 0.336 e. The predicted molar refractivity (Wildman–Crippen MR) is 208 cm³/mol. The third kappa shape index (κ3) is 28.0. The summed E-state index contributed by atoms with van der Waals surface area (Å²) in [5, 5.41) is 141. The van der Waals surface area contributed by atoms with Crippen LogP contribution in [0.15, 0.2) is 0 Å². The molecule has 0 aliphatic rings. The molecule has 0 aromatic rings. The van der Waals surface area contributed by atoms with Crippen molar-refractivity contribution in [3.05, 3.63) is 0 Å². The van der Waals surface area contributed by atoms with Crippen LogP contribution in [0.2, 0.25) is 0 Å². The summed E-state index contributed by atoms with van der Waals surface area (Å²) < 4.78 is 16.5. The van der Waals surface area contributed by atoms with Crippen LogP contribution in [-0.2, 0) is 105 Å². The van der Waals surface area contributed by atoms with Crippen molar-refractivity contribution in [3.63, 3.8) is 0 Å². The minimum absolute atomic E-state index is 0.916. The number of aliphatic hydroxyl groups excluding tert-OH is 2. The Hall–Kier alpha value is -8.98. The van der Waals surface area contributed by atoms with Gasteiger partial charge in [-0.25, -0.2) is 28.8 Å². The second-order valence-electron chi connectivity index (χ2n) is 14.3. The molecule has 0 aliphatic carbocycles. The lowest BCUT2D eigenvalue weighted by atomic mass is 9.96. The van der Waals surface area contributed by atoms with E-state index in [0.717, 1.165) is 0 Å². The van der Waals surface area contributed by atoms with E-state index in [9.17, 15) is 107 Å². The van der Waals surface area contributed by atoms with E-state index in [0.29, 0.717) is 0 Å². The summed E-state index contributed by atoms with van der Waals surface area (Å²) in [5.74, 6) is -31.2. The second-order valence-corrected chi connectivity index (χ2v) is 14.3. The number of esters is 8. The van der Waals surface area contributed by atoms with Gasteiger partial charge in [-0.15, -0.1) is 0 Å². The third-order valence-corrected chi connectivity index (χ3v) is 7.90. The summed E-state index contributed by atoms with van der Waals surface area (Å²) >= 11 is 0. The van der Waals surface area contributed by atoms with Crippen molar-refractivity contribution >= 4 is 107 Å². The molecule has 6 unspecified atom stereocenters. The zero-order valence-electron chi connectivity index (χ0n) is 36.8.